The predicted molar refractivity (Wildman–Crippen MR) is 78.2 cm³/mol. The van der Waals surface area contributed by atoms with Crippen LogP contribution in [0.4, 0.5) is 0 Å². The van der Waals surface area contributed by atoms with Crippen molar-refractivity contribution in [2.24, 2.45) is 5.73 Å². The van der Waals surface area contributed by atoms with Crippen LogP contribution in [0.25, 0.3) is 0 Å². The molecule has 1 amide bonds. The Bertz CT molecular complexity index is 583. The highest BCUT2D eigenvalue weighted by atomic mass is 16.5. The monoisotopic (exact) mass is 308 g/mol. The maximum Gasteiger partial charge on any atom is 0.328 e. The number of nitrogens with one attached hydrogen (secondary N) is 1. The van der Waals surface area contributed by atoms with E-state index in [9.17, 15) is 19.8 Å². The van der Waals surface area contributed by atoms with Crippen LogP contribution in [0.5, 0.6) is 11.5 Å². The first kappa shape index (κ1) is 16.1. The van der Waals surface area contributed by atoms with Crippen molar-refractivity contribution >= 4 is 11.9 Å². The normalized spacial score (nSPS) is 17.2. The lowest BCUT2D eigenvalue weighted by molar-refractivity contribution is -0.146. The number of hydrogen-bond acceptors (Lipinski definition) is 6. The summed E-state index contributed by atoms with van der Waals surface area (Å²) in [5.41, 5.74) is 5.60. The minimum atomic E-state index is -0.913. The van der Waals surface area contributed by atoms with Crippen LogP contribution in [-0.4, -0.2) is 40.8 Å². The fourth-order valence-electron chi connectivity index (χ4n) is 2.35. The molecule has 22 heavy (non-hydrogen) atoms. The van der Waals surface area contributed by atoms with Gasteiger partial charge in [0, 0.05) is 6.42 Å². The largest absolute Gasteiger partial charge is 0.504 e. The number of carbonyl (C=O) groups excluding carboxylic acids is 2. The van der Waals surface area contributed by atoms with Gasteiger partial charge < -0.3 is 26.0 Å². The Morgan fingerprint density at radius 2 is 2.05 bits per heavy atom. The second-order valence-electron chi connectivity index (χ2n) is 5.59. The Hall–Kier alpha value is -2.28. The van der Waals surface area contributed by atoms with Gasteiger partial charge in [-0.05, 0) is 37.0 Å². The summed E-state index contributed by atoms with van der Waals surface area (Å²) in [6, 6.07) is 3.30. The second-order valence-corrected chi connectivity index (χ2v) is 5.59. The number of methoxy groups -OCH3 is 1. The summed E-state index contributed by atoms with van der Waals surface area (Å²) < 4.78 is 4.70. The molecule has 7 nitrogen and oxygen atoms in total. The highest BCUT2D eigenvalue weighted by Gasteiger charge is 2.41. The van der Waals surface area contributed by atoms with Crippen LogP contribution in [-0.2, 0) is 20.7 Å². The number of rotatable bonds is 5. The lowest BCUT2D eigenvalue weighted by Crippen LogP contribution is -2.61. The van der Waals surface area contributed by atoms with E-state index in [1.165, 1.54) is 19.2 Å². The Morgan fingerprint density at radius 1 is 1.36 bits per heavy atom. The van der Waals surface area contributed by atoms with Crippen molar-refractivity contribution in [2.75, 3.05) is 7.11 Å². The zero-order chi connectivity index (χ0) is 16.3. The molecular weight excluding hydrogens is 288 g/mol. The minimum absolute atomic E-state index is 0.127. The van der Waals surface area contributed by atoms with Crippen LogP contribution >= 0.6 is 0 Å². The lowest BCUT2D eigenvalue weighted by Gasteiger charge is -2.37. The Morgan fingerprint density at radius 3 is 2.55 bits per heavy atom. The average molecular weight is 308 g/mol. The van der Waals surface area contributed by atoms with Crippen LogP contribution in [0.3, 0.4) is 0 Å². The van der Waals surface area contributed by atoms with Crippen LogP contribution in [0.1, 0.15) is 24.8 Å². The number of carbonyl (C=O) groups is 2. The van der Waals surface area contributed by atoms with Gasteiger partial charge in [-0.2, -0.15) is 0 Å². The van der Waals surface area contributed by atoms with E-state index in [4.69, 9.17) is 10.5 Å². The summed E-state index contributed by atoms with van der Waals surface area (Å²) in [5.74, 6) is -1.51. The molecule has 0 spiro atoms. The third-order valence-electron chi connectivity index (χ3n) is 3.97. The molecule has 0 bridgehead atoms. The van der Waals surface area contributed by atoms with Crippen molar-refractivity contribution in [1.82, 2.24) is 5.32 Å². The van der Waals surface area contributed by atoms with Crippen LogP contribution in [0.15, 0.2) is 18.2 Å². The van der Waals surface area contributed by atoms with Gasteiger partial charge in [0.15, 0.2) is 11.5 Å². The predicted octanol–water partition coefficient (Wildman–Crippen LogP) is 0.179. The van der Waals surface area contributed by atoms with E-state index in [2.05, 4.69) is 5.32 Å². The summed E-state index contributed by atoms with van der Waals surface area (Å²) in [7, 11) is 1.23. The van der Waals surface area contributed by atoms with Gasteiger partial charge in [0.1, 0.15) is 6.04 Å². The molecule has 0 saturated heterocycles. The molecule has 7 heteroatoms. The molecule has 1 saturated carbocycles. The van der Waals surface area contributed by atoms with E-state index in [-0.39, 0.29) is 23.8 Å². The molecule has 1 aromatic rings. The number of nitrogens with two attached hydrogens (primary N) is 1. The first-order chi connectivity index (χ1) is 10.4. The Balaban J connectivity index is 2.10. The molecule has 120 valence electrons. The van der Waals surface area contributed by atoms with E-state index >= 15 is 0 Å². The van der Waals surface area contributed by atoms with Crippen molar-refractivity contribution in [2.45, 2.75) is 37.3 Å². The van der Waals surface area contributed by atoms with Crippen LogP contribution in [0, 0.1) is 0 Å². The molecule has 1 aliphatic rings. The number of ether oxygens (including phenoxy) is 1. The fourth-order valence-corrected chi connectivity index (χ4v) is 2.35. The molecule has 1 atom stereocenters. The highest BCUT2D eigenvalue weighted by Crippen LogP contribution is 2.29. The van der Waals surface area contributed by atoms with E-state index in [0.717, 1.165) is 6.42 Å². The van der Waals surface area contributed by atoms with Gasteiger partial charge in [-0.15, -0.1) is 0 Å². The molecule has 0 unspecified atom stereocenters. The van der Waals surface area contributed by atoms with Gasteiger partial charge in [0.2, 0.25) is 5.91 Å². The summed E-state index contributed by atoms with van der Waals surface area (Å²) in [6.07, 6.45) is 2.19. The van der Waals surface area contributed by atoms with Gasteiger partial charge in [-0.3, -0.25) is 4.79 Å². The number of amides is 1. The fraction of sp³-hybridized carbons (Fsp3) is 0.467. The zero-order valence-electron chi connectivity index (χ0n) is 12.3. The third kappa shape index (κ3) is 3.30. The number of esters is 1. The summed E-state index contributed by atoms with van der Waals surface area (Å²) in [4.78, 5) is 24.0. The first-order valence-electron chi connectivity index (χ1n) is 7.04. The Kier molecular flexibility index (Phi) is 4.56. The smallest absolute Gasteiger partial charge is 0.328 e. The maximum atomic E-state index is 12.2. The molecule has 5 N–H and O–H groups in total. The van der Waals surface area contributed by atoms with E-state index in [1.54, 1.807) is 6.07 Å². The third-order valence-corrected chi connectivity index (χ3v) is 3.97. The molecular formula is C15H20N2O5. The van der Waals surface area contributed by atoms with E-state index in [1.807, 2.05) is 0 Å². The molecule has 0 radical (unpaired) electrons. The quantitative estimate of drug-likeness (QED) is 0.455. The van der Waals surface area contributed by atoms with Crippen molar-refractivity contribution in [1.29, 1.82) is 0 Å². The van der Waals surface area contributed by atoms with Crippen molar-refractivity contribution < 1.29 is 24.5 Å². The maximum absolute atomic E-state index is 12.2. The van der Waals surface area contributed by atoms with Gasteiger partial charge in [-0.25, -0.2) is 4.79 Å². The number of aromatic hydroxyl groups is 2. The standard InChI is InChI=1S/C15H20N2O5/c1-22-13(20)10(17-14(21)15(16)5-2-6-15)7-9-3-4-11(18)12(19)8-9/h3-4,8,10,18-19H,2,5-7,16H2,1H3,(H,17,21)/t10-/m0/s1. The van der Waals surface area contributed by atoms with Crippen molar-refractivity contribution in [3.8, 4) is 11.5 Å². The first-order valence-corrected chi connectivity index (χ1v) is 7.04. The lowest BCUT2D eigenvalue weighted by atomic mass is 9.77. The van der Waals surface area contributed by atoms with Crippen LogP contribution in [0.2, 0.25) is 0 Å². The molecule has 1 fully saturated rings. The zero-order valence-corrected chi connectivity index (χ0v) is 12.3. The van der Waals surface area contributed by atoms with E-state index < -0.39 is 17.6 Å². The molecule has 0 heterocycles. The van der Waals surface area contributed by atoms with Crippen molar-refractivity contribution in [3.63, 3.8) is 0 Å². The number of benzene rings is 1. The number of phenolic OH excluding ortho intramolecular Hbond substituents is 2. The molecule has 0 aliphatic heterocycles. The van der Waals surface area contributed by atoms with Crippen molar-refractivity contribution in [3.05, 3.63) is 23.8 Å². The number of phenols is 2. The molecule has 1 aliphatic carbocycles. The Labute approximate surface area is 128 Å². The minimum Gasteiger partial charge on any atom is -0.504 e. The SMILES string of the molecule is COC(=O)[C@H](Cc1ccc(O)c(O)c1)NC(=O)C1(N)CCC1. The highest BCUT2D eigenvalue weighted by molar-refractivity contribution is 5.91. The van der Waals surface area contributed by atoms with Gasteiger partial charge in [0.25, 0.3) is 0 Å². The van der Waals surface area contributed by atoms with Gasteiger partial charge >= 0.3 is 5.97 Å². The molecule has 1 aromatic carbocycles. The van der Waals surface area contributed by atoms with E-state index in [0.29, 0.717) is 18.4 Å². The van der Waals surface area contributed by atoms with Gasteiger partial charge in [-0.1, -0.05) is 6.07 Å². The topological polar surface area (TPSA) is 122 Å². The average Bonchev–Trinajstić information content (AvgIpc) is 2.46. The summed E-state index contributed by atoms with van der Waals surface area (Å²) in [5, 5.41) is 21.4. The number of hydrogen-bond donors (Lipinski definition) is 4. The molecule has 2 rings (SSSR count). The summed E-state index contributed by atoms with van der Waals surface area (Å²) >= 11 is 0. The van der Waals surface area contributed by atoms with Gasteiger partial charge in [0.05, 0.1) is 12.6 Å². The van der Waals surface area contributed by atoms with Crippen LogP contribution < -0.4 is 11.1 Å². The second kappa shape index (κ2) is 6.23. The molecule has 0 aromatic heterocycles. The summed E-state index contributed by atoms with van der Waals surface area (Å²) in [6.45, 7) is 0.